The van der Waals surface area contributed by atoms with Crippen molar-refractivity contribution in [2.75, 3.05) is 6.54 Å². The largest absolute Gasteiger partial charge is 0.489 e. The minimum Gasteiger partial charge on any atom is -0.489 e. The van der Waals surface area contributed by atoms with E-state index < -0.39 is 5.82 Å². The molecule has 1 amide bonds. The van der Waals surface area contributed by atoms with Gasteiger partial charge in [-0.15, -0.1) is 11.3 Å². The van der Waals surface area contributed by atoms with E-state index in [1.807, 2.05) is 18.2 Å². The molecule has 0 atom stereocenters. The van der Waals surface area contributed by atoms with Crippen LogP contribution in [0.3, 0.4) is 0 Å². The summed E-state index contributed by atoms with van der Waals surface area (Å²) in [6, 6.07) is 11.9. The van der Waals surface area contributed by atoms with Gasteiger partial charge in [0.15, 0.2) is 0 Å². The number of carbonyl (C=O) groups excluding carboxylic acids is 1. The average Bonchev–Trinajstić information content (AvgIpc) is 3.39. The molecule has 0 bridgehead atoms. The number of nitrogens with one attached hydrogen (secondary N) is 1. The van der Waals surface area contributed by atoms with Crippen LogP contribution < -0.4 is 10.1 Å². The summed E-state index contributed by atoms with van der Waals surface area (Å²) in [5.74, 6) is 0.659. The Morgan fingerprint density at radius 3 is 2.89 bits per heavy atom. The molecule has 1 heterocycles. The van der Waals surface area contributed by atoms with Crippen LogP contribution in [-0.4, -0.2) is 17.4 Å². The first-order valence-electron chi connectivity index (χ1n) is 9.00. The van der Waals surface area contributed by atoms with E-state index >= 15 is 0 Å². The van der Waals surface area contributed by atoms with Crippen LogP contribution in [0.15, 0.2) is 47.8 Å². The summed E-state index contributed by atoms with van der Waals surface area (Å²) >= 11 is 7.44. The van der Waals surface area contributed by atoms with Crippen LogP contribution >= 0.6 is 22.9 Å². The van der Waals surface area contributed by atoms with E-state index in [0.717, 1.165) is 10.6 Å². The van der Waals surface area contributed by atoms with E-state index in [0.29, 0.717) is 34.5 Å². The first-order chi connectivity index (χ1) is 13.6. The zero-order chi connectivity index (χ0) is 19.5. The Kier molecular flexibility index (Phi) is 5.59. The standard InChI is InChI=1S/C21H18ClFN2O2S/c22-17-5-2-6-18(23)16(17)11-27-15-4-1-3-14(9-15)21-25-19(12-28-21)20(26)24-10-13-7-8-13/h1-6,9,12-13H,7-8,10-11H2,(H,24,26). The number of thiazole rings is 1. The molecule has 0 radical (unpaired) electrons. The Morgan fingerprint density at radius 2 is 2.11 bits per heavy atom. The van der Waals surface area contributed by atoms with Crippen LogP contribution in [0.4, 0.5) is 4.39 Å². The van der Waals surface area contributed by atoms with Gasteiger partial charge in [0.05, 0.1) is 5.02 Å². The van der Waals surface area contributed by atoms with Crippen molar-refractivity contribution in [3.63, 3.8) is 0 Å². The number of carbonyl (C=O) groups is 1. The van der Waals surface area contributed by atoms with Gasteiger partial charge in [-0.1, -0.05) is 29.8 Å². The summed E-state index contributed by atoms with van der Waals surface area (Å²) in [5, 5.41) is 5.73. The number of amides is 1. The Labute approximate surface area is 171 Å². The van der Waals surface area contributed by atoms with Gasteiger partial charge in [0, 0.05) is 23.1 Å². The van der Waals surface area contributed by atoms with Gasteiger partial charge < -0.3 is 10.1 Å². The highest BCUT2D eigenvalue weighted by atomic mass is 35.5. The van der Waals surface area contributed by atoms with Gasteiger partial charge in [0.25, 0.3) is 5.91 Å². The van der Waals surface area contributed by atoms with Crippen LogP contribution in [0.2, 0.25) is 5.02 Å². The lowest BCUT2D eigenvalue weighted by Gasteiger charge is -2.09. The lowest BCUT2D eigenvalue weighted by molar-refractivity contribution is 0.0947. The summed E-state index contributed by atoms with van der Waals surface area (Å²) in [5.41, 5.74) is 1.58. The minimum atomic E-state index is -0.398. The second kappa shape index (κ2) is 8.29. The van der Waals surface area contributed by atoms with E-state index in [2.05, 4.69) is 10.3 Å². The third-order valence-corrected chi connectivity index (χ3v) is 5.76. The molecule has 4 nitrogen and oxygen atoms in total. The number of aromatic nitrogens is 1. The lowest BCUT2D eigenvalue weighted by Crippen LogP contribution is -2.25. The van der Waals surface area contributed by atoms with Crippen LogP contribution in [0.25, 0.3) is 10.6 Å². The zero-order valence-corrected chi connectivity index (χ0v) is 16.5. The van der Waals surface area contributed by atoms with Crippen molar-refractivity contribution in [1.82, 2.24) is 10.3 Å². The van der Waals surface area contributed by atoms with Crippen molar-refractivity contribution in [1.29, 1.82) is 0 Å². The number of halogens is 2. The molecule has 0 aliphatic heterocycles. The Bertz CT molecular complexity index is 983. The molecule has 2 aromatic carbocycles. The van der Waals surface area contributed by atoms with Gasteiger partial charge >= 0.3 is 0 Å². The highest BCUT2D eigenvalue weighted by Crippen LogP contribution is 2.29. The molecular weight excluding hydrogens is 399 g/mol. The third kappa shape index (κ3) is 4.51. The number of benzene rings is 2. The van der Waals surface area contributed by atoms with Crippen molar-refractivity contribution in [2.45, 2.75) is 19.4 Å². The predicted molar refractivity (Wildman–Crippen MR) is 108 cm³/mol. The fraction of sp³-hybridized carbons (Fsp3) is 0.238. The van der Waals surface area contributed by atoms with Crippen LogP contribution in [-0.2, 0) is 6.61 Å². The Balaban J connectivity index is 1.44. The number of hydrogen-bond donors (Lipinski definition) is 1. The normalized spacial score (nSPS) is 13.4. The number of rotatable bonds is 7. The molecule has 0 saturated heterocycles. The van der Waals surface area contributed by atoms with Crippen molar-refractivity contribution >= 4 is 28.8 Å². The van der Waals surface area contributed by atoms with E-state index in [9.17, 15) is 9.18 Å². The maximum Gasteiger partial charge on any atom is 0.270 e. The molecule has 7 heteroatoms. The molecule has 144 valence electrons. The number of ether oxygens (including phenoxy) is 1. The van der Waals surface area contributed by atoms with E-state index in [1.54, 1.807) is 23.6 Å². The predicted octanol–water partition coefficient (Wildman–Crippen LogP) is 5.32. The van der Waals surface area contributed by atoms with Crippen molar-refractivity contribution in [2.24, 2.45) is 5.92 Å². The summed E-state index contributed by atoms with van der Waals surface area (Å²) in [7, 11) is 0. The molecule has 1 aliphatic carbocycles. The topological polar surface area (TPSA) is 51.2 Å². The SMILES string of the molecule is O=C(NCC1CC1)c1csc(-c2cccc(OCc3c(F)cccc3Cl)c2)n1. The molecule has 3 aromatic rings. The smallest absolute Gasteiger partial charge is 0.270 e. The van der Waals surface area contributed by atoms with Gasteiger partial charge in [-0.2, -0.15) is 0 Å². The second-order valence-corrected chi connectivity index (χ2v) is 7.97. The second-order valence-electron chi connectivity index (χ2n) is 6.71. The average molecular weight is 417 g/mol. The third-order valence-electron chi connectivity index (χ3n) is 4.51. The Hall–Kier alpha value is -2.44. The zero-order valence-electron chi connectivity index (χ0n) is 15.0. The van der Waals surface area contributed by atoms with Crippen LogP contribution in [0.1, 0.15) is 28.9 Å². The van der Waals surface area contributed by atoms with Crippen molar-refractivity contribution < 1.29 is 13.9 Å². The van der Waals surface area contributed by atoms with Gasteiger partial charge in [-0.05, 0) is 43.0 Å². The summed E-state index contributed by atoms with van der Waals surface area (Å²) in [4.78, 5) is 16.6. The van der Waals surface area contributed by atoms with Crippen LogP contribution in [0.5, 0.6) is 5.75 Å². The summed E-state index contributed by atoms with van der Waals surface area (Å²) in [6.07, 6.45) is 2.38. The van der Waals surface area contributed by atoms with Crippen molar-refractivity contribution in [3.05, 3.63) is 69.9 Å². The number of hydrogen-bond acceptors (Lipinski definition) is 4. The molecule has 0 spiro atoms. The molecule has 0 unspecified atom stereocenters. The molecule has 1 aliphatic rings. The maximum atomic E-state index is 13.9. The molecule has 4 rings (SSSR count). The van der Waals surface area contributed by atoms with E-state index in [4.69, 9.17) is 16.3 Å². The molecule has 1 aromatic heterocycles. The first kappa shape index (κ1) is 18.9. The van der Waals surface area contributed by atoms with Gasteiger partial charge in [-0.25, -0.2) is 9.37 Å². The molecule has 28 heavy (non-hydrogen) atoms. The molecule has 1 fully saturated rings. The molecule has 1 saturated carbocycles. The first-order valence-corrected chi connectivity index (χ1v) is 10.3. The summed E-state index contributed by atoms with van der Waals surface area (Å²) < 4.78 is 19.6. The fourth-order valence-corrected chi connectivity index (χ4v) is 3.72. The highest BCUT2D eigenvalue weighted by Gasteiger charge is 2.22. The van der Waals surface area contributed by atoms with Gasteiger partial charge in [0.1, 0.15) is 28.9 Å². The van der Waals surface area contributed by atoms with Crippen LogP contribution in [0, 0.1) is 11.7 Å². The molecule has 1 N–H and O–H groups in total. The van der Waals surface area contributed by atoms with E-state index in [-0.39, 0.29) is 12.5 Å². The van der Waals surface area contributed by atoms with Crippen molar-refractivity contribution in [3.8, 4) is 16.3 Å². The summed E-state index contributed by atoms with van der Waals surface area (Å²) in [6.45, 7) is 0.745. The minimum absolute atomic E-state index is 0.0294. The number of nitrogens with zero attached hydrogens (tertiary/aromatic N) is 1. The molecular formula is C21H18ClFN2O2S. The highest BCUT2D eigenvalue weighted by molar-refractivity contribution is 7.13. The quantitative estimate of drug-likeness (QED) is 0.567. The lowest BCUT2D eigenvalue weighted by atomic mass is 10.2. The fourth-order valence-electron chi connectivity index (χ4n) is 2.70. The maximum absolute atomic E-state index is 13.9. The van der Waals surface area contributed by atoms with E-state index in [1.165, 1.54) is 30.2 Å². The van der Waals surface area contributed by atoms with Gasteiger partial charge in [-0.3, -0.25) is 4.79 Å². The monoisotopic (exact) mass is 416 g/mol. The van der Waals surface area contributed by atoms with Gasteiger partial charge in [0.2, 0.25) is 0 Å². The Morgan fingerprint density at radius 1 is 1.29 bits per heavy atom.